The van der Waals surface area contributed by atoms with Gasteiger partial charge in [-0.25, -0.2) is 0 Å². The molecule has 0 amide bonds. The number of ether oxygens (including phenoxy) is 1. The predicted molar refractivity (Wildman–Crippen MR) is 37.8 cm³/mol. The molecule has 0 aliphatic heterocycles. The highest BCUT2D eigenvalue weighted by atomic mass is 16.5. The molecule has 0 aromatic rings. The van der Waals surface area contributed by atoms with Crippen LogP contribution in [-0.2, 0) is 9.53 Å². The minimum Gasteiger partial charge on any atom is -0.473 e. The van der Waals surface area contributed by atoms with Gasteiger partial charge in [-0.1, -0.05) is 0 Å². The average molecular weight is 142 g/mol. The van der Waals surface area contributed by atoms with E-state index in [1.165, 1.54) is 13.8 Å². The maximum Gasteiger partial charge on any atom is 0.213 e. The van der Waals surface area contributed by atoms with E-state index in [1.807, 2.05) is 0 Å². The molecule has 2 N–H and O–H groups in total. The first kappa shape index (κ1) is 8.81. The lowest BCUT2D eigenvalue weighted by molar-refractivity contribution is -0.115. The van der Waals surface area contributed by atoms with E-state index in [0.29, 0.717) is 0 Å². The number of carbonyl (C=O) groups excluding carboxylic acids is 1. The summed E-state index contributed by atoms with van der Waals surface area (Å²) in [6.07, 6.45) is 0. The van der Waals surface area contributed by atoms with Crippen molar-refractivity contribution in [2.75, 3.05) is 6.61 Å². The van der Waals surface area contributed by atoms with Crippen LogP contribution in [-0.4, -0.2) is 24.0 Å². The van der Waals surface area contributed by atoms with Gasteiger partial charge in [0.2, 0.25) is 5.78 Å². The summed E-state index contributed by atoms with van der Waals surface area (Å²) in [6.45, 7) is 2.64. The lowest BCUT2D eigenvalue weighted by Crippen LogP contribution is -2.17. The molecular formula is C6H10N2O2. The van der Waals surface area contributed by atoms with Crippen LogP contribution in [0.5, 0.6) is 0 Å². The Kier molecular flexibility index (Phi) is 3.32. The minimum absolute atomic E-state index is 0.00500. The molecular weight excluding hydrogens is 132 g/mol. The Labute approximate surface area is 59.2 Å². The van der Waals surface area contributed by atoms with Crippen LogP contribution >= 0.6 is 0 Å². The van der Waals surface area contributed by atoms with Crippen molar-refractivity contribution in [3.8, 4) is 0 Å². The van der Waals surface area contributed by atoms with Gasteiger partial charge in [-0.3, -0.25) is 10.2 Å². The summed E-state index contributed by atoms with van der Waals surface area (Å²) in [5.74, 6) is -0.388. The summed E-state index contributed by atoms with van der Waals surface area (Å²) in [5, 5.41) is 13.6. The van der Waals surface area contributed by atoms with Crippen LogP contribution in [0.3, 0.4) is 0 Å². The molecule has 0 aromatic carbocycles. The third kappa shape index (κ3) is 3.77. The molecule has 56 valence electrons. The van der Waals surface area contributed by atoms with Gasteiger partial charge in [0.1, 0.15) is 0 Å². The average Bonchev–Trinajstić information content (AvgIpc) is 1.82. The zero-order valence-corrected chi connectivity index (χ0v) is 6.02. The van der Waals surface area contributed by atoms with Crippen LogP contribution in [0.25, 0.3) is 0 Å². The number of ketones is 1. The summed E-state index contributed by atoms with van der Waals surface area (Å²) in [4.78, 5) is 10.6. The van der Waals surface area contributed by atoms with Crippen LogP contribution in [0.2, 0.25) is 0 Å². The van der Waals surface area contributed by atoms with E-state index in [2.05, 4.69) is 4.74 Å². The van der Waals surface area contributed by atoms with Crippen LogP contribution in [0.4, 0.5) is 0 Å². The smallest absolute Gasteiger partial charge is 0.213 e. The van der Waals surface area contributed by atoms with E-state index in [-0.39, 0.29) is 24.0 Å². The van der Waals surface area contributed by atoms with Crippen LogP contribution in [0.15, 0.2) is 0 Å². The van der Waals surface area contributed by atoms with Gasteiger partial charge in [0.25, 0.3) is 0 Å². The lowest BCUT2D eigenvalue weighted by atomic mass is 10.3. The Bertz CT molecular complexity index is 175. The first-order valence-corrected chi connectivity index (χ1v) is 2.80. The summed E-state index contributed by atoms with van der Waals surface area (Å²) in [7, 11) is 0. The highest BCUT2D eigenvalue weighted by Gasteiger charge is 2.03. The van der Waals surface area contributed by atoms with Crippen molar-refractivity contribution in [3.05, 3.63) is 0 Å². The summed E-state index contributed by atoms with van der Waals surface area (Å²) >= 11 is 0. The topological polar surface area (TPSA) is 74.0 Å². The number of Topliss-reactive ketones (excluding diaryl/α,β-unsaturated/α-hetero) is 1. The van der Waals surface area contributed by atoms with Crippen molar-refractivity contribution in [1.29, 1.82) is 10.8 Å². The summed E-state index contributed by atoms with van der Waals surface area (Å²) < 4.78 is 4.56. The highest BCUT2D eigenvalue weighted by Crippen LogP contribution is 1.81. The standard InChI is InChI=1S/C6H10N2O2/c1-4(7)6(9)3-10-5(2)8/h7-8H,3H2,1-2H3. The van der Waals surface area contributed by atoms with Crippen LogP contribution in [0.1, 0.15) is 13.8 Å². The normalized spacial score (nSPS) is 8.60. The van der Waals surface area contributed by atoms with Crippen molar-refractivity contribution in [2.24, 2.45) is 0 Å². The molecule has 0 saturated carbocycles. The molecule has 0 aromatic heterocycles. The van der Waals surface area contributed by atoms with E-state index in [0.717, 1.165) is 0 Å². The predicted octanol–water partition coefficient (Wildman–Crippen LogP) is 0.609. The Morgan fingerprint density at radius 3 is 2.20 bits per heavy atom. The molecule has 4 nitrogen and oxygen atoms in total. The fourth-order valence-electron chi connectivity index (χ4n) is 0.282. The third-order valence-corrected chi connectivity index (χ3v) is 0.838. The zero-order valence-electron chi connectivity index (χ0n) is 6.02. The lowest BCUT2D eigenvalue weighted by Gasteiger charge is -1.99. The number of rotatable bonds is 3. The molecule has 0 fully saturated rings. The van der Waals surface area contributed by atoms with E-state index < -0.39 is 0 Å². The molecule has 0 unspecified atom stereocenters. The zero-order chi connectivity index (χ0) is 8.15. The molecule has 0 rings (SSSR count). The van der Waals surface area contributed by atoms with E-state index in [4.69, 9.17) is 10.8 Å². The second-order valence-corrected chi connectivity index (χ2v) is 1.89. The van der Waals surface area contributed by atoms with Gasteiger partial charge in [-0.2, -0.15) is 0 Å². The van der Waals surface area contributed by atoms with Gasteiger partial charge >= 0.3 is 0 Å². The summed E-state index contributed by atoms with van der Waals surface area (Å²) in [6, 6.07) is 0. The number of hydrogen-bond acceptors (Lipinski definition) is 4. The Morgan fingerprint density at radius 2 is 1.90 bits per heavy atom. The third-order valence-electron chi connectivity index (χ3n) is 0.838. The van der Waals surface area contributed by atoms with Gasteiger partial charge in [-0.05, 0) is 6.92 Å². The molecule has 0 atom stereocenters. The number of carbonyl (C=O) groups is 1. The number of hydrogen-bond donors (Lipinski definition) is 2. The van der Waals surface area contributed by atoms with Gasteiger partial charge < -0.3 is 10.1 Å². The van der Waals surface area contributed by atoms with Crippen LogP contribution in [0, 0.1) is 10.8 Å². The molecule has 0 bridgehead atoms. The maximum atomic E-state index is 10.6. The molecule has 10 heavy (non-hydrogen) atoms. The van der Waals surface area contributed by atoms with Gasteiger partial charge in [0.15, 0.2) is 12.5 Å². The fraction of sp³-hybridized carbons (Fsp3) is 0.500. The van der Waals surface area contributed by atoms with Crippen molar-refractivity contribution in [2.45, 2.75) is 13.8 Å². The van der Waals surface area contributed by atoms with Gasteiger partial charge in [-0.15, -0.1) is 0 Å². The minimum atomic E-state index is -0.383. The molecule has 0 saturated heterocycles. The van der Waals surface area contributed by atoms with E-state index in [1.54, 1.807) is 0 Å². The quantitative estimate of drug-likeness (QED) is 0.447. The van der Waals surface area contributed by atoms with E-state index in [9.17, 15) is 4.79 Å². The molecule has 0 aliphatic carbocycles. The van der Waals surface area contributed by atoms with Gasteiger partial charge in [0.05, 0.1) is 5.71 Å². The van der Waals surface area contributed by atoms with Crippen molar-refractivity contribution in [1.82, 2.24) is 0 Å². The molecule has 0 heterocycles. The Hall–Kier alpha value is -1.19. The molecule has 0 aliphatic rings. The highest BCUT2D eigenvalue weighted by molar-refractivity contribution is 6.38. The largest absolute Gasteiger partial charge is 0.473 e. The fourth-order valence-corrected chi connectivity index (χ4v) is 0.282. The number of nitrogens with one attached hydrogen (secondary N) is 2. The Balaban J connectivity index is 3.60. The first-order valence-electron chi connectivity index (χ1n) is 2.80. The van der Waals surface area contributed by atoms with Crippen molar-refractivity contribution in [3.63, 3.8) is 0 Å². The SMILES string of the molecule is CC(=N)OCC(=O)C(C)=N. The van der Waals surface area contributed by atoms with E-state index >= 15 is 0 Å². The second kappa shape index (κ2) is 3.76. The van der Waals surface area contributed by atoms with Crippen molar-refractivity contribution >= 4 is 17.4 Å². The second-order valence-electron chi connectivity index (χ2n) is 1.89. The molecule has 0 spiro atoms. The maximum absolute atomic E-state index is 10.6. The monoisotopic (exact) mass is 142 g/mol. The van der Waals surface area contributed by atoms with Crippen LogP contribution < -0.4 is 0 Å². The summed E-state index contributed by atoms with van der Waals surface area (Å²) in [5.41, 5.74) is -0.0405. The molecule has 0 radical (unpaired) electrons. The first-order chi connectivity index (χ1) is 4.54. The Morgan fingerprint density at radius 1 is 1.40 bits per heavy atom. The molecule has 4 heteroatoms. The van der Waals surface area contributed by atoms with Crippen molar-refractivity contribution < 1.29 is 9.53 Å². The van der Waals surface area contributed by atoms with Gasteiger partial charge in [0, 0.05) is 6.92 Å².